The van der Waals surface area contributed by atoms with Gasteiger partial charge in [0.1, 0.15) is 12.7 Å². The van der Waals surface area contributed by atoms with Gasteiger partial charge in [-0.05, 0) is 31.5 Å². The monoisotopic (exact) mass is 492 g/mol. The predicted octanol–water partition coefficient (Wildman–Crippen LogP) is -0.983. The number of hydrogen-bond acceptors (Lipinski definition) is 7. The van der Waals surface area contributed by atoms with E-state index >= 15 is 0 Å². The zero-order valence-corrected chi connectivity index (χ0v) is 19.3. The Bertz CT molecular complexity index is 876. The second kappa shape index (κ2) is 11.0. The molecular formula is C22H29BrN4O4. The number of rotatable bonds is 7. The van der Waals surface area contributed by atoms with Crippen LogP contribution in [-0.4, -0.2) is 70.7 Å². The summed E-state index contributed by atoms with van der Waals surface area (Å²) < 4.78 is 12.0. The minimum atomic E-state index is -0.639. The van der Waals surface area contributed by atoms with Gasteiger partial charge in [0, 0.05) is 46.5 Å². The number of likely N-dealkylation sites (tertiary alicyclic amines) is 1. The third-order valence-electron chi connectivity index (χ3n) is 6.07. The van der Waals surface area contributed by atoms with Crippen LogP contribution in [0.1, 0.15) is 30.0 Å². The first-order valence-corrected chi connectivity index (χ1v) is 10.6. The molecule has 0 spiro atoms. The van der Waals surface area contributed by atoms with Crippen molar-refractivity contribution in [3.8, 4) is 11.8 Å². The lowest BCUT2D eigenvalue weighted by molar-refractivity contribution is -0.605. The van der Waals surface area contributed by atoms with E-state index in [2.05, 4.69) is 33.1 Å². The van der Waals surface area contributed by atoms with Crippen molar-refractivity contribution in [2.24, 2.45) is 5.92 Å². The molecule has 0 bridgehead atoms. The Morgan fingerprint density at radius 2 is 1.90 bits per heavy atom. The Kier molecular flexibility index (Phi) is 8.34. The molecule has 0 radical (unpaired) electrons. The maximum atomic E-state index is 12.6. The van der Waals surface area contributed by atoms with E-state index in [4.69, 9.17) is 9.47 Å². The summed E-state index contributed by atoms with van der Waals surface area (Å²) >= 11 is 0. The molecule has 4 rings (SSSR count). The van der Waals surface area contributed by atoms with Gasteiger partial charge in [0.25, 0.3) is 11.8 Å². The number of piperidine rings is 1. The zero-order valence-electron chi connectivity index (χ0n) is 17.7. The van der Waals surface area contributed by atoms with E-state index in [0.29, 0.717) is 24.9 Å². The van der Waals surface area contributed by atoms with Crippen molar-refractivity contribution in [1.82, 2.24) is 14.9 Å². The molecule has 0 amide bonds. The fraction of sp³-hybridized carbons (Fsp3) is 0.545. The first-order chi connectivity index (χ1) is 14.7. The second-order valence-corrected chi connectivity index (χ2v) is 8.01. The molecule has 0 saturated carbocycles. The predicted molar refractivity (Wildman–Crippen MR) is 111 cm³/mol. The minimum Gasteiger partial charge on any atom is -1.00 e. The smallest absolute Gasteiger partial charge is 0.278 e. The number of β-amino-alcohol motifs (C(OH)–C–C–N with tert-alkyl or cyclic N) is 1. The number of aromatic nitrogens is 2. The summed E-state index contributed by atoms with van der Waals surface area (Å²) in [4.78, 5) is 23.0. The Morgan fingerprint density at radius 3 is 2.65 bits per heavy atom. The summed E-state index contributed by atoms with van der Waals surface area (Å²) in [6.45, 7) is 2.95. The normalized spacial score (nSPS) is 20.5. The van der Waals surface area contributed by atoms with Crippen LogP contribution in [0.5, 0.6) is 11.8 Å². The number of ether oxygens (including phenoxy) is 2. The number of fused-ring (bicyclic) bond motifs is 1. The highest BCUT2D eigenvalue weighted by Crippen LogP contribution is 2.37. The molecule has 1 fully saturated rings. The van der Waals surface area contributed by atoms with E-state index in [1.807, 2.05) is 6.07 Å². The van der Waals surface area contributed by atoms with Gasteiger partial charge in [-0.2, -0.15) is 0 Å². The van der Waals surface area contributed by atoms with E-state index in [9.17, 15) is 10.0 Å². The van der Waals surface area contributed by atoms with Gasteiger partial charge in [-0.1, -0.05) is 24.3 Å². The lowest BCUT2D eigenvalue weighted by atomic mass is 9.81. The van der Waals surface area contributed by atoms with Crippen LogP contribution in [0.25, 0.3) is 0 Å². The van der Waals surface area contributed by atoms with Gasteiger partial charge in [-0.15, -0.1) is 0 Å². The first kappa shape index (κ1) is 23.6. The standard InChI is InChI=1S/C22H29N4O4.BrH/c1-29-21-22(24-10-9-23-21)30-15-18(27)14-25-11-6-17(7-12-25)20-19-5-3-2-4-16(19)8-13-26(20)28;/h2-5,9-10,17-18,20,27H,6-8,11-15H2,1H3;1H/q+1;/p-1. The number of hydrogen-bond donors (Lipinski definition) is 1. The Balaban J connectivity index is 0.00000272. The molecule has 2 aliphatic heterocycles. The van der Waals surface area contributed by atoms with Crippen molar-refractivity contribution in [1.29, 1.82) is 0 Å². The maximum Gasteiger partial charge on any atom is 0.278 e. The fourth-order valence-corrected chi connectivity index (χ4v) is 4.59. The van der Waals surface area contributed by atoms with Crippen molar-refractivity contribution in [3.63, 3.8) is 0 Å². The molecule has 2 unspecified atom stereocenters. The molecule has 8 nitrogen and oxygen atoms in total. The molecule has 168 valence electrons. The quantitative estimate of drug-likeness (QED) is 0.496. The number of nitroso groups, excluding NO2 is 1. The molecule has 2 aliphatic rings. The van der Waals surface area contributed by atoms with Crippen LogP contribution >= 0.6 is 0 Å². The minimum absolute atomic E-state index is 0. The first-order valence-electron chi connectivity index (χ1n) is 10.6. The van der Waals surface area contributed by atoms with Gasteiger partial charge in [-0.3, -0.25) is 0 Å². The van der Waals surface area contributed by atoms with Crippen LogP contribution in [0, 0.1) is 10.8 Å². The Hall–Kier alpha value is -2.10. The summed E-state index contributed by atoms with van der Waals surface area (Å²) in [5.74, 6) is 0.933. The molecule has 9 heteroatoms. The van der Waals surface area contributed by atoms with E-state index in [-0.39, 0.29) is 35.5 Å². The number of benzene rings is 1. The third kappa shape index (κ3) is 5.58. The summed E-state index contributed by atoms with van der Waals surface area (Å²) in [5, 5.41) is 10.4. The van der Waals surface area contributed by atoms with E-state index in [0.717, 1.165) is 32.4 Å². The average Bonchev–Trinajstić information content (AvgIpc) is 2.78. The van der Waals surface area contributed by atoms with Crippen LogP contribution in [-0.2, 0) is 6.42 Å². The molecule has 31 heavy (non-hydrogen) atoms. The molecule has 1 aromatic heterocycles. The average molecular weight is 493 g/mol. The van der Waals surface area contributed by atoms with Crippen LogP contribution in [0.4, 0.5) is 0 Å². The molecule has 0 aliphatic carbocycles. The fourth-order valence-electron chi connectivity index (χ4n) is 4.59. The second-order valence-electron chi connectivity index (χ2n) is 8.01. The van der Waals surface area contributed by atoms with E-state index < -0.39 is 6.10 Å². The van der Waals surface area contributed by atoms with Crippen molar-refractivity contribution < 1.29 is 36.3 Å². The molecule has 1 N–H and O–H groups in total. The van der Waals surface area contributed by atoms with Crippen LogP contribution in [0.3, 0.4) is 0 Å². The van der Waals surface area contributed by atoms with Gasteiger partial charge in [0.15, 0.2) is 6.54 Å². The molecule has 3 heterocycles. The van der Waals surface area contributed by atoms with Gasteiger partial charge >= 0.3 is 0 Å². The van der Waals surface area contributed by atoms with Crippen molar-refractivity contribution >= 4 is 0 Å². The molecule has 1 aromatic carbocycles. The number of aliphatic hydroxyl groups is 1. The highest BCUT2D eigenvalue weighted by Gasteiger charge is 2.41. The topological polar surface area (TPSA) is 87.8 Å². The Morgan fingerprint density at radius 1 is 1.19 bits per heavy atom. The van der Waals surface area contributed by atoms with Crippen molar-refractivity contribution in [3.05, 3.63) is 52.7 Å². The molecule has 1 saturated heterocycles. The lowest BCUT2D eigenvalue weighted by Crippen LogP contribution is -3.00. The Labute approximate surface area is 192 Å². The van der Waals surface area contributed by atoms with Crippen molar-refractivity contribution in [2.45, 2.75) is 31.4 Å². The number of methoxy groups -OCH3 is 1. The van der Waals surface area contributed by atoms with Crippen LogP contribution in [0.2, 0.25) is 0 Å². The van der Waals surface area contributed by atoms with Gasteiger partial charge in [0.05, 0.1) is 7.11 Å². The summed E-state index contributed by atoms with van der Waals surface area (Å²) in [5.41, 5.74) is 2.51. The summed E-state index contributed by atoms with van der Waals surface area (Å²) in [7, 11) is 1.51. The third-order valence-corrected chi connectivity index (χ3v) is 6.07. The van der Waals surface area contributed by atoms with Crippen molar-refractivity contribution in [2.75, 3.05) is 39.9 Å². The number of nitrogens with zero attached hydrogens (tertiary/aromatic N) is 4. The molecular weight excluding hydrogens is 464 g/mol. The molecule has 2 aromatic rings. The summed E-state index contributed by atoms with van der Waals surface area (Å²) in [6, 6.07) is 8.29. The zero-order chi connectivity index (χ0) is 20.9. The maximum absolute atomic E-state index is 12.6. The highest BCUT2D eigenvalue weighted by atomic mass is 79.9. The van der Waals surface area contributed by atoms with Gasteiger partial charge < -0.3 is 36.5 Å². The number of aliphatic hydroxyl groups excluding tert-OH is 1. The van der Waals surface area contributed by atoms with E-state index in [1.165, 1.54) is 35.4 Å². The van der Waals surface area contributed by atoms with Gasteiger partial charge in [-0.25, -0.2) is 9.97 Å². The highest BCUT2D eigenvalue weighted by molar-refractivity contribution is 5.31. The largest absolute Gasteiger partial charge is 1.00 e. The van der Waals surface area contributed by atoms with Crippen LogP contribution < -0.4 is 26.5 Å². The SMILES string of the molecule is COc1nccnc1OCC(O)CN1CCC(C2c3ccccc3CC[N+]2=O)CC1.[Br-]. The lowest BCUT2D eigenvalue weighted by Gasteiger charge is -2.35. The number of halogens is 1. The van der Waals surface area contributed by atoms with Gasteiger partial charge in [0.2, 0.25) is 6.04 Å². The van der Waals surface area contributed by atoms with E-state index in [1.54, 1.807) is 0 Å². The molecule has 2 atom stereocenters. The van der Waals surface area contributed by atoms with Crippen LogP contribution in [0.15, 0.2) is 36.7 Å². The summed E-state index contributed by atoms with van der Waals surface area (Å²) in [6.07, 6.45) is 5.14.